The van der Waals surface area contributed by atoms with Crippen molar-refractivity contribution in [2.75, 3.05) is 11.5 Å². The number of sulfonamides is 1. The molecule has 1 atom stereocenters. The molecule has 17 heavy (non-hydrogen) atoms. The van der Waals surface area contributed by atoms with E-state index in [2.05, 4.69) is 20.7 Å². The van der Waals surface area contributed by atoms with Crippen molar-refractivity contribution < 1.29 is 12.8 Å². The molecule has 1 heterocycles. The van der Waals surface area contributed by atoms with E-state index in [0.717, 1.165) is 30.1 Å². The molecule has 0 radical (unpaired) electrons. The Hall–Kier alpha value is -0.110. The third kappa shape index (κ3) is 3.21. The molecule has 3 nitrogen and oxygen atoms in total. The Morgan fingerprint density at radius 3 is 2.82 bits per heavy atom. The standard InChI is InChI=1S/C10H11BrFNO2S2/c11-9-5-7(12)1-2-10(9)17(14,15)13-8-3-4-16-6-8/h1-2,5,8,13H,3-4,6H2. The van der Waals surface area contributed by atoms with Gasteiger partial charge in [-0.2, -0.15) is 11.8 Å². The van der Waals surface area contributed by atoms with Gasteiger partial charge in [-0.15, -0.1) is 0 Å². The molecule has 1 N–H and O–H groups in total. The number of nitrogens with one attached hydrogen (secondary N) is 1. The molecule has 0 aromatic heterocycles. The van der Waals surface area contributed by atoms with Crippen LogP contribution in [0.2, 0.25) is 0 Å². The van der Waals surface area contributed by atoms with Gasteiger partial charge < -0.3 is 0 Å². The summed E-state index contributed by atoms with van der Waals surface area (Å²) in [5, 5.41) is 0. The van der Waals surface area contributed by atoms with Gasteiger partial charge >= 0.3 is 0 Å². The number of thioether (sulfide) groups is 1. The lowest BCUT2D eigenvalue weighted by molar-refractivity contribution is 0.562. The van der Waals surface area contributed by atoms with Crippen LogP contribution >= 0.6 is 27.7 Å². The summed E-state index contributed by atoms with van der Waals surface area (Å²) in [5.41, 5.74) is 0. The van der Waals surface area contributed by atoms with Crippen molar-refractivity contribution in [1.29, 1.82) is 0 Å². The number of hydrogen-bond acceptors (Lipinski definition) is 3. The lowest BCUT2D eigenvalue weighted by Gasteiger charge is -2.13. The summed E-state index contributed by atoms with van der Waals surface area (Å²) in [7, 11) is -3.57. The highest BCUT2D eigenvalue weighted by Crippen LogP contribution is 2.25. The van der Waals surface area contributed by atoms with Gasteiger partial charge in [0.05, 0.1) is 4.90 Å². The summed E-state index contributed by atoms with van der Waals surface area (Å²) < 4.78 is 39.9. The van der Waals surface area contributed by atoms with E-state index >= 15 is 0 Å². The zero-order valence-corrected chi connectivity index (χ0v) is 12.0. The van der Waals surface area contributed by atoms with Crippen LogP contribution in [0.3, 0.4) is 0 Å². The average molecular weight is 340 g/mol. The molecule has 0 saturated carbocycles. The van der Waals surface area contributed by atoms with Gasteiger partial charge in [0.2, 0.25) is 10.0 Å². The molecule has 2 rings (SSSR count). The molecule has 1 aromatic carbocycles. The van der Waals surface area contributed by atoms with Crippen molar-refractivity contribution in [2.45, 2.75) is 17.4 Å². The Bertz CT molecular complexity index is 515. The molecular weight excluding hydrogens is 329 g/mol. The Balaban J connectivity index is 2.24. The lowest BCUT2D eigenvalue weighted by atomic mass is 10.3. The molecule has 7 heteroatoms. The van der Waals surface area contributed by atoms with Crippen LogP contribution in [0.5, 0.6) is 0 Å². The third-order valence-electron chi connectivity index (χ3n) is 2.43. The highest BCUT2D eigenvalue weighted by atomic mass is 79.9. The Morgan fingerprint density at radius 2 is 2.24 bits per heavy atom. The van der Waals surface area contributed by atoms with Gasteiger partial charge in [0.25, 0.3) is 0 Å². The zero-order chi connectivity index (χ0) is 12.5. The van der Waals surface area contributed by atoms with Gasteiger partial charge in [-0.25, -0.2) is 17.5 Å². The normalized spacial score (nSPS) is 20.7. The Morgan fingerprint density at radius 1 is 1.47 bits per heavy atom. The highest BCUT2D eigenvalue weighted by Gasteiger charge is 2.24. The van der Waals surface area contributed by atoms with Crippen LogP contribution in [0.15, 0.2) is 27.6 Å². The molecule has 1 saturated heterocycles. The molecular formula is C10H11BrFNO2S2. The summed E-state index contributed by atoms with van der Waals surface area (Å²) in [5.74, 6) is 1.29. The van der Waals surface area contributed by atoms with E-state index in [-0.39, 0.29) is 15.4 Å². The van der Waals surface area contributed by atoms with Crippen LogP contribution in [0.25, 0.3) is 0 Å². The van der Waals surface area contributed by atoms with E-state index in [9.17, 15) is 12.8 Å². The topological polar surface area (TPSA) is 46.2 Å². The molecule has 1 fully saturated rings. The van der Waals surface area contributed by atoms with Crippen LogP contribution in [0.4, 0.5) is 4.39 Å². The van der Waals surface area contributed by atoms with Crippen molar-refractivity contribution in [3.8, 4) is 0 Å². The van der Waals surface area contributed by atoms with Gasteiger partial charge in [0.1, 0.15) is 5.82 Å². The van der Waals surface area contributed by atoms with E-state index in [1.807, 2.05) is 0 Å². The summed E-state index contributed by atoms with van der Waals surface area (Å²) in [6.07, 6.45) is 0.836. The van der Waals surface area contributed by atoms with Gasteiger partial charge in [0.15, 0.2) is 0 Å². The van der Waals surface area contributed by atoms with Crippen LogP contribution in [0, 0.1) is 5.82 Å². The molecule has 94 valence electrons. The van der Waals surface area contributed by atoms with E-state index in [1.165, 1.54) is 6.07 Å². The monoisotopic (exact) mass is 339 g/mol. The van der Waals surface area contributed by atoms with Gasteiger partial charge in [0, 0.05) is 16.3 Å². The van der Waals surface area contributed by atoms with Crippen LogP contribution in [-0.2, 0) is 10.0 Å². The quantitative estimate of drug-likeness (QED) is 0.919. The number of rotatable bonds is 3. The molecule has 1 aromatic rings. The molecule has 0 amide bonds. The maximum atomic E-state index is 12.9. The number of benzene rings is 1. The van der Waals surface area contributed by atoms with Gasteiger partial charge in [-0.3, -0.25) is 0 Å². The van der Waals surface area contributed by atoms with E-state index in [1.54, 1.807) is 11.8 Å². The SMILES string of the molecule is O=S(=O)(NC1CCSC1)c1ccc(F)cc1Br. The lowest BCUT2D eigenvalue weighted by Crippen LogP contribution is -2.34. The maximum absolute atomic E-state index is 12.9. The fourth-order valence-electron chi connectivity index (χ4n) is 1.60. The molecule has 0 bridgehead atoms. The van der Waals surface area contributed by atoms with Gasteiger partial charge in [-0.1, -0.05) is 0 Å². The van der Waals surface area contributed by atoms with Crippen molar-refractivity contribution >= 4 is 37.7 Å². The summed E-state index contributed by atoms with van der Waals surface area (Å²) in [6, 6.07) is 3.53. The maximum Gasteiger partial charge on any atom is 0.241 e. The Labute approximate surface area is 112 Å². The minimum atomic E-state index is -3.57. The molecule has 1 unspecified atom stereocenters. The van der Waals surface area contributed by atoms with Crippen LogP contribution in [-0.4, -0.2) is 26.0 Å². The van der Waals surface area contributed by atoms with Crippen molar-refractivity contribution in [1.82, 2.24) is 4.72 Å². The average Bonchev–Trinajstić information content (AvgIpc) is 2.68. The fraction of sp³-hybridized carbons (Fsp3) is 0.400. The van der Waals surface area contributed by atoms with Crippen molar-refractivity contribution in [3.05, 3.63) is 28.5 Å². The van der Waals surface area contributed by atoms with E-state index in [0.29, 0.717) is 0 Å². The second-order valence-corrected chi connectivity index (χ2v) is 7.44. The zero-order valence-electron chi connectivity index (χ0n) is 8.82. The summed E-state index contributed by atoms with van der Waals surface area (Å²) >= 11 is 4.79. The van der Waals surface area contributed by atoms with Crippen molar-refractivity contribution in [3.63, 3.8) is 0 Å². The van der Waals surface area contributed by atoms with Crippen LogP contribution < -0.4 is 4.72 Å². The first-order valence-electron chi connectivity index (χ1n) is 5.04. The first kappa shape index (κ1) is 13.3. The molecule has 0 aliphatic carbocycles. The van der Waals surface area contributed by atoms with Gasteiger partial charge in [-0.05, 0) is 46.3 Å². The molecule has 1 aliphatic heterocycles. The minimum absolute atomic E-state index is 0.0260. The highest BCUT2D eigenvalue weighted by molar-refractivity contribution is 9.10. The Kier molecular flexibility index (Phi) is 4.12. The second-order valence-electron chi connectivity index (χ2n) is 3.76. The van der Waals surface area contributed by atoms with Crippen molar-refractivity contribution in [2.24, 2.45) is 0 Å². The summed E-state index contributed by atoms with van der Waals surface area (Å²) in [4.78, 5) is 0.0794. The van der Waals surface area contributed by atoms with E-state index < -0.39 is 15.8 Å². The second kappa shape index (κ2) is 5.26. The largest absolute Gasteiger partial charge is 0.241 e. The predicted octanol–water partition coefficient (Wildman–Crippen LogP) is 2.37. The van der Waals surface area contributed by atoms with E-state index in [4.69, 9.17) is 0 Å². The minimum Gasteiger partial charge on any atom is -0.207 e. The fourth-order valence-corrected chi connectivity index (χ4v) is 5.18. The molecule has 0 spiro atoms. The van der Waals surface area contributed by atoms with Crippen LogP contribution in [0.1, 0.15) is 6.42 Å². The predicted molar refractivity (Wildman–Crippen MR) is 70.2 cm³/mol. The third-order valence-corrected chi connectivity index (χ3v) is 6.09. The number of hydrogen-bond donors (Lipinski definition) is 1. The molecule has 1 aliphatic rings. The smallest absolute Gasteiger partial charge is 0.207 e. The summed E-state index contributed by atoms with van der Waals surface area (Å²) in [6.45, 7) is 0. The first-order chi connectivity index (χ1) is 7.99. The number of halogens is 2. The first-order valence-corrected chi connectivity index (χ1v) is 8.47.